The second-order valence-electron chi connectivity index (χ2n) is 6.05. The third-order valence-electron chi connectivity index (χ3n) is 4.18. The van der Waals surface area contributed by atoms with Gasteiger partial charge in [-0.3, -0.25) is 4.79 Å². The molecule has 1 saturated carbocycles. The van der Waals surface area contributed by atoms with Gasteiger partial charge in [-0.1, -0.05) is 30.7 Å². The number of nitrogens with zero attached hydrogens (tertiary/aromatic N) is 1. The van der Waals surface area contributed by atoms with Gasteiger partial charge in [0, 0.05) is 19.5 Å². The quantitative estimate of drug-likeness (QED) is 0.697. The van der Waals surface area contributed by atoms with Crippen LogP contribution < -0.4 is 0 Å². The van der Waals surface area contributed by atoms with Crippen LogP contribution in [0.25, 0.3) is 0 Å². The first-order chi connectivity index (χ1) is 8.58. The van der Waals surface area contributed by atoms with Crippen LogP contribution in [-0.2, 0) is 4.79 Å². The van der Waals surface area contributed by atoms with Gasteiger partial charge >= 0.3 is 0 Å². The Morgan fingerprint density at radius 2 is 2.22 bits per heavy atom. The van der Waals surface area contributed by atoms with Crippen molar-refractivity contribution in [2.45, 2.75) is 39.5 Å². The van der Waals surface area contributed by atoms with Crippen LogP contribution >= 0.6 is 0 Å². The molecule has 2 nitrogen and oxygen atoms in total. The number of likely N-dealkylation sites (N-methyl/N-ethyl adjacent to an activating group) is 1. The molecular formula is C16H25NO. The highest BCUT2D eigenvalue weighted by Gasteiger charge is 2.31. The maximum Gasteiger partial charge on any atom is 0.225 e. The molecule has 100 valence electrons. The molecule has 0 aromatic rings. The Labute approximate surface area is 111 Å². The Hall–Kier alpha value is -1.05. The molecule has 0 saturated heterocycles. The van der Waals surface area contributed by atoms with E-state index in [-0.39, 0.29) is 0 Å². The van der Waals surface area contributed by atoms with E-state index < -0.39 is 0 Å². The molecule has 0 aromatic carbocycles. The molecule has 0 bridgehead atoms. The molecule has 0 aliphatic heterocycles. The average molecular weight is 247 g/mol. The molecule has 2 aliphatic rings. The third kappa shape index (κ3) is 3.47. The fourth-order valence-electron chi connectivity index (χ4n) is 2.71. The highest BCUT2D eigenvalue weighted by atomic mass is 16.2. The lowest BCUT2D eigenvalue weighted by Crippen LogP contribution is -2.28. The first-order valence-corrected chi connectivity index (χ1v) is 7.15. The maximum atomic E-state index is 11.8. The van der Waals surface area contributed by atoms with Gasteiger partial charge in [0.05, 0.1) is 0 Å². The Morgan fingerprint density at radius 1 is 1.50 bits per heavy atom. The molecule has 1 fully saturated rings. The number of rotatable bonds is 4. The molecule has 0 aromatic heterocycles. The van der Waals surface area contributed by atoms with Crippen molar-refractivity contribution in [3.63, 3.8) is 0 Å². The molecule has 0 radical (unpaired) electrons. The lowest BCUT2D eigenvalue weighted by Gasteiger charge is -2.25. The van der Waals surface area contributed by atoms with Crippen molar-refractivity contribution in [2.24, 2.45) is 17.8 Å². The minimum absolute atomic E-state index is 0.326. The van der Waals surface area contributed by atoms with Gasteiger partial charge < -0.3 is 4.90 Å². The van der Waals surface area contributed by atoms with Crippen LogP contribution in [-0.4, -0.2) is 24.4 Å². The van der Waals surface area contributed by atoms with E-state index in [9.17, 15) is 4.79 Å². The molecule has 2 unspecified atom stereocenters. The highest BCUT2D eigenvalue weighted by Crippen LogP contribution is 2.31. The maximum absolute atomic E-state index is 11.8. The largest absolute Gasteiger partial charge is 0.342 e. The Balaban J connectivity index is 1.78. The number of hydrogen-bond donors (Lipinski definition) is 0. The standard InChI is InChI=1S/C16H25NO/c1-12-6-7-14(13(2)11-12)5-4-10-17(3)16(18)15-8-9-15/h4-6,13-15H,7-11H2,1-3H3. The molecule has 0 spiro atoms. The minimum atomic E-state index is 0.326. The van der Waals surface area contributed by atoms with Crippen molar-refractivity contribution in [1.29, 1.82) is 0 Å². The fourth-order valence-corrected chi connectivity index (χ4v) is 2.71. The predicted molar refractivity (Wildman–Crippen MR) is 75.1 cm³/mol. The summed E-state index contributed by atoms with van der Waals surface area (Å²) in [5, 5.41) is 0. The van der Waals surface area contributed by atoms with Crippen LogP contribution in [0.1, 0.15) is 39.5 Å². The Bertz CT molecular complexity index is 365. The van der Waals surface area contributed by atoms with Crippen LogP contribution in [0.15, 0.2) is 23.8 Å². The first-order valence-electron chi connectivity index (χ1n) is 7.15. The lowest BCUT2D eigenvalue weighted by molar-refractivity contribution is -0.130. The van der Waals surface area contributed by atoms with E-state index in [1.165, 1.54) is 12.0 Å². The van der Waals surface area contributed by atoms with Crippen LogP contribution in [0.2, 0.25) is 0 Å². The first kappa shape index (κ1) is 13.4. The summed E-state index contributed by atoms with van der Waals surface area (Å²) in [6.45, 7) is 5.31. The van der Waals surface area contributed by atoms with Crippen molar-refractivity contribution in [3.05, 3.63) is 23.8 Å². The number of carbonyl (C=O) groups is 1. The van der Waals surface area contributed by atoms with Gasteiger partial charge in [-0.15, -0.1) is 0 Å². The molecule has 1 amide bonds. The molecule has 18 heavy (non-hydrogen) atoms. The van der Waals surface area contributed by atoms with E-state index >= 15 is 0 Å². The van der Waals surface area contributed by atoms with Crippen molar-refractivity contribution >= 4 is 5.91 Å². The summed E-state index contributed by atoms with van der Waals surface area (Å²) in [4.78, 5) is 13.6. The van der Waals surface area contributed by atoms with Crippen molar-refractivity contribution in [3.8, 4) is 0 Å². The normalized spacial score (nSPS) is 28.3. The molecule has 0 N–H and O–H groups in total. The Morgan fingerprint density at radius 3 is 2.83 bits per heavy atom. The van der Waals surface area contributed by atoms with Crippen LogP contribution in [0.3, 0.4) is 0 Å². The zero-order chi connectivity index (χ0) is 13.1. The van der Waals surface area contributed by atoms with E-state index in [2.05, 4.69) is 32.1 Å². The zero-order valence-electron chi connectivity index (χ0n) is 11.9. The monoisotopic (exact) mass is 247 g/mol. The predicted octanol–water partition coefficient (Wildman–Crippen LogP) is 3.40. The van der Waals surface area contributed by atoms with Crippen molar-refractivity contribution < 1.29 is 4.79 Å². The van der Waals surface area contributed by atoms with Crippen molar-refractivity contribution in [1.82, 2.24) is 4.90 Å². The summed E-state index contributed by atoms with van der Waals surface area (Å²) in [5.41, 5.74) is 1.52. The summed E-state index contributed by atoms with van der Waals surface area (Å²) in [6.07, 6.45) is 11.4. The number of hydrogen-bond acceptors (Lipinski definition) is 1. The van der Waals surface area contributed by atoms with Gasteiger partial charge in [0.2, 0.25) is 5.91 Å². The summed E-state index contributed by atoms with van der Waals surface area (Å²) in [7, 11) is 1.92. The number of carbonyl (C=O) groups excluding carboxylic acids is 1. The van der Waals surface area contributed by atoms with Gasteiger partial charge in [0.25, 0.3) is 0 Å². The topological polar surface area (TPSA) is 20.3 Å². The van der Waals surface area contributed by atoms with Crippen LogP contribution in [0.4, 0.5) is 0 Å². The number of amides is 1. The fraction of sp³-hybridized carbons (Fsp3) is 0.688. The van der Waals surface area contributed by atoms with E-state index in [0.29, 0.717) is 17.7 Å². The van der Waals surface area contributed by atoms with Gasteiger partial charge in [-0.05, 0) is 44.4 Å². The summed E-state index contributed by atoms with van der Waals surface area (Å²) >= 11 is 0. The molecule has 0 heterocycles. The smallest absolute Gasteiger partial charge is 0.225 e. The number of allylic oxidation sites excluding steroid dienone is 3. The third-order valence-corrected chi connectivity index (χ3v) is 4.18. The van der Waals surface area contributed by atoms with Gasteiger partial charge in [0.1, 0.15) is 0 Å². The minimum Gasteiger partial charge on any atom is -0.342 e. The molecular weight excluding hydrogens is 222 g/mol. The van der Waals surface area contributed by atoms with Gasteiger partial charge in [0.15, 0.2) is 0 Å². The molecule has 2 heteroatoms. The van der Waals surface area contributed by atoms with E-state index in [1.807, 2.05) is 11.9 Å². The second-order valence-corrected chi connectivity index (χ2v) is 6.05. The van der Waals surface area contributed by atoms with Gasteiger partial charge in [-0.2, -0.15) is 0 Å². The molecule has 2 rings (SSSR count). The molecule has 2 atom stereocenters. The van der Waals surface area contributed by atoms with E-state index in [4.69, 9.17) is 0 Å². The van der Waals surface area contributed by atoms with E-state index in [1.54, 1.807) is 0 Å². The Kier molecular flexibility index (Phi) is 4.26. The van der Waals surface area contributed by atoms with Crippen molar-refractivity contribution in [2.75, 3.05) is 13.6 Å². The summed E-state index contributed by atoms with van der Waals surface area (Å²) < 4.78 is 0. The molecule has 2 aliphatic carbocycles. The lowest BCUT2D eigenvalue weighted by atomic mass is 9.81. The highest BCUT2D eigenvalue weighted by molar-refractivity contribution is 5.80. The average Bonchev–Trinajstić information content (AvgIpc) is 3.15. The summed E-state index contributed by atoms with van der Waals surface area (Å²) in [5.74, 6) is 2.04. The summed E-state index contributed by atoms with van der Waals surface area (Å²) in [6, 6.07) is 0. The second kappa shape index (κ2) is 5.73. The van der Waals surface area contributed by atoms with Gasteiger partial charge in [-0.25, -0.2) is 0 Å². The van der Waals surface area contributed by atoms with Crippen LogP contribution in [0.5, 0.6) is 0 Å². The SMILES string of the molecule is CC1=CCC(C=CCN(C)C(=O)C2CC2)C(C)C1. The zero-order valence-corrected chi connectivity index (χ0v) is 11.9. The van der Waals surface area contributed by atoms with E-state index in [0.717, 1.165) is 31.7 Å². The van der Waals surface area contributed by atoms with Crippen LogP contribution in [0, 0.1) is 17.8 Å².